The standard InChI is InChI=1S/C10H20.C7H8FOP/c1-2-3-4-5-7-10-8-6-9-10;1-5-2-3-6(10-9)4-7(5)8/h10H,2-9H2,1H3;2-4,9-10H,1H3. The Morgan fingerprint density at radius 3 is 2.50 bits per heavy atom. The van der Waals surface area contributed by atoms with E-state index in [0.29, 0.717) is 10.9 Å². The van der Waals surface area contributed by atoms with Crippen LogP contribution >= 0.6 is 8.81 Å². The van der Waals surface area contributed by atoms with Gasteiger partial charge >= 0.3 is 0 Å². The fourth-order valence-corrected chi connectivity index (χ4v) is 2.65. The molecule has 1 unspecified atom stereocenters. The third kappa shape index (κ3) is 6.81. The Morgan fingerprint density at radius 1 is 1.25 bits per heavy atom. The Bertz CT molecular complexity index is 377. The van der Waals surface area contributed by atoms with E-state index in [4.69, 9.17) is 4.89 Å². The fraction of sp³-hybridized carbons (Fsp3) is 0.647. The van der Waals surface area contributed by atoms with Crippen LogP contribution in [0.3, 0.4) is 0 Å². The Balaban J connectivity index is 0.000000200. The first-order valence-electron chi connectivity index (χ1n) is 7.83. The molecule has 0 aliphatic heterocycles. The van der Waals surface area contributed by atoms with E-state index in [1.54, 1.807) is 19.1 Å². The molecule has 20 heavy (non-hydrogen) atoms. The highest BCUT2D eigenvalue weighted by molar-refractivity contribution is 7.40. The van der Waals surface area contributed by atoms with Gasteiger partial charge in [-0.05, 0) is 24.5 Å². The van der Waals surface area contributed by atoms with Gasteiger partial charge in [0.1, 0.15) is 5.82 Å². The second-order valence-corrected chi connectivity index (χ2v) is 6.52. The number of unbranched alkanes of at least 4 members (excludes halogenated alkanes) is 3. The highest BCUT2D eigenvalue weighted by Gasteiger charge is 2.15. The lowest BCUT2D eigenvalue weighted by atomic mass is 9.82. The Hall–Kier alpha value is -0.460. The van der Waals surface area contributed by atoms with E-state index < -0.39 is 0 Å². The van der Waals surface area contributed by atoms with Crippen molar-refractivity contribution in [3.8, 4) is 0 Å². The first-order valence-corrected chi connectivity index (χ1v) is 8.78. The summed E-state index contributed by atoms with van der Waals surface area (Å²) in [5, 5.41) is 0.642. The highest BCUT2D eigenvalue weighted by atomic mass is 31.1. The van der Waals surface area contributed by atoms with Gasteiger partial charge in [-0.1, -0.05) is 70.4 Å². The molecule has 1 N–H and O–H groups in total. The molecule has 0 bridgehead atoms. The number of hydrogen-bond acceptors (Lipinski definition) is 1. The van der Waals surface area contributed by atoms with Crippen molar-refractivity contribution in [2.75, 3.05) is 0 Å². The van der Waals surface area contributed by atoms with Crippen LogP contribution in [0.4, 0.5) is 4.39 Å². The average Bonchev–Trinajstić information content (AvgIpc) is 2.40. The molecule has 0 saturated heterocycles. The lowest BCUT2D eigenvalue weighted by Gasteiger charge is -2.24. The predicted octanol–water partition coefficient (Wildman–Crippen LogP) is 5.10. The molecule has 114 valence electrons. The largest absolute Gasteiger partial charge is 0.372 e. The molecule has 3 heteroatoms. The normalized spacial score (nSPS) is 15.0. The van der Waals surface area contributed by atoms with Crippen LogP contribution in [0.1, 0.15) is 63.9 Å². The molecular formula is C17H28FOP. The van der Waals surface area contributed by atoms with Crippen molar-refractivity contribution in [2.45, 2.75) is 65.2 Å². The molecule has 0 spiro atoms. The van der Waals surface area contributed by atoms with E-state index in [1.165, 1.54) is 57.4 Å². The van der Waals surface area contributed by atoms with Gasteiger partial charge in [0.2, 0.25) is 0 Å². The van der Waals surface area contributed by atoms with E-state index in [2.05, 4.69) is 6.92 Å². The summed E-state index contributed by atoms with van der Waals surface area (Å²) >= 11 is 0. The SMILES string of the molecule is CCCCCCC1CCC1.Cc1ccc(PO)cc1F. The van der Waals surface area contributed by atoms with E-state index in [1.807, 2.05) is 0 Å². The quantitative estimate of drug-likeness (QED) is 0.572. The van der Waals surface area contributed by atoms with E-state index in [0.717, 1.165) is 5.92 Å². The Morgan fingerprint density at radius 2 is 2.00 bits per heavy atom. The van der Waals surface area contributed by atoms with Gasteiger partial charge in [-0.25, -0.2) is 4.39 Å². The summed E-state index contributed by atoms with van der Waals surface area (Å²) in [6, 6.07) is 4.73. The number of rotatable bonds is 6. The lowest BCUT2D eigenvalue weighted by molar-refractivity contribution is 0.286. The van der Waals surface area contributed by atoms with Gasteiger partial charge in [0.15, 0.2) is 0 Å². The Labute approximate surface area is 124 Å². The van der Waals surface area contributed by atoms with Gasteiger partial charge in [0, 0.05) is 14.1 Å². The molecule has 1 atom stereocenters. The third-order valence-electron chi connectivity index (χ3n) is 3.99. The zero-order valence-electron chi connectivity index (χ0n) is 12.8. The Kier molecular flexibility index (Phi) is 9.05. The molecule has 1 aromatic rings. The summed E-state index contributed by atoms with van der Waals surface area (Å²) in [5.41, 5.74) is 0.613. The van der Waals surface area contributed by atoms with Crippen molar-refractivity contribution >= 4 is 14.1 Å². The van der Waals surface area contributed by atoms with Crippen LogP contribution in [0.15, 0.2) is 18.2 Å². The monoisotopic (exact) mass is 298 g/mol. The number of benzene rings is 1. The average molecular weight is 298 g/mol. The molecule has 0 heterocycles. The molecule has 1 saturated carbocycles. The summed E-state index contributed by atoms with van der Waals surface area (Å²) < 4.78 is 12.7. The molecule has 0 amide bonds. The van der Waals surface area contributed by atoms with E-state index in [9.17, 15) is 4.39 Å². The van der Waals surface area contributed by atoms with Gasteiger partial charge in [-0.2, -0.15) is 0 Å². The minimum atomic E-state index is -0.317. The molecule has 1 aromatic carbocycles. The topological polar surface area (TPSA) is 20.2 Å². The lowest BCUT2D eigenvalue weighted by Crippen LogP contribution is -2.10. The highest BCUT2D eigenvalue weighted by Crippen LogP contribution is 2.30. The van der Waals surface area contributed by atoms with Crippen LogP contribution < -0.4 is 5.30 Å². The molecule has 1 aliphatic rings. The second-order valence-electron chi connectivity index (χ2n) is 5.72. The summed E-state index contributed by atoms with van der Waals surface area (Å²) in [7, 11) is -0.317. The zero-order chi connectivity index (χ0) is 14.8. The summed E-state index contributed by atoms with van der Waals surface area (Å²) in [4.78, 5) is 8.61. The van der Waals surface area contributed by atoms with Crippen molar-refractivity contribution in [3.63, 3.8) is 0 Å². The summed E-state index contributed by atoms with van der Waals surface area (Å²) in [5.74, 6) is 0.885. The maximum Gasteiger partial charge on any atom is 0.126 e. The van der Waals surface area contributed by atoms with E-state index in [-0.39, 0.29) is 14.6 Å². The second kappa shape index (κ2) is 10.3. The fourth-order valence-electron chi connectivity index (χ4n) is 2.30. The van der Waals surface area contributed by atoms with E-state index >= 15 is 0 Å². The van der Waals surface area contributed by atoms with Gasteiger partial charge in [-0.3, -0.25) is 0 Å². The number of halogens is 1. The first-order chi connectivity index (χ1) is 9.67. The molecule has 0 aromatic heterocycles. The smallest absolute Gasteiger partial charge is 0.126 e. The maximum atomic E-state index is 12.7. The van der Waals surface area contributed by atoms with Crippen LogP contribution in [-0.4, -0.2) is 4.89 Å². The van der Waals surface area contributed by atoms with Crippen LogP contribution in [0.25, 0.3) is 0 Å². The van der Waals surface area contributed by atoms with Crippen molar-refractivity contribution in [2.24, 2.45) is 5.92 Å². The minimum Gasteiger partial charge on any atom is -0.372 e. The molecule has 1 aliphatic carbocycles. The van der Waals surface area contributed by atoms with Crippen LogP contribution in [0.2, 0.25) is 0 Å². The predicted molar refractivity (Wildman–Crippen MR) is 87.4 cm³/mol. The van der Waals surface area contributed by atoms with Crippen molar-refractivity contribution in [1.82, 2.24) is 0 Å². The van der Waals surface area contributed by atoms with Gasteiger partial charge in [0.25, 0.3) is 0 Å². The third-order valence-corrected chi connectivity index (χ3v) is 4.56. The molecule has 2 rings (SSSR count). The number of hydrogen-bond donors (Lipinski definition) is 1. The van der Waals surface area contributed by atoms with Crippen molar-refractivity contribution in [3.05, 3.63) is 29.6 Å². The summed E-state index contributed by atoms with van der Waals surface area (Å²) in [6.07, 6.45) is 11.9. The zero-order valence-corrected chi connectivity index (χ0v) is 13.8. The molecule has 1 fully saturated rings. The van der Waals surface area contributed by atoms with Crippen molar-refractivity contribution < 1.29 is 9.28 Å². The summed E-state index contributed by atoms with van der Waals surface area (Å²) in [6.45, 7) is 3.98. The van der Waals surface area contributed by atoms with Crippen LogP contribution in [0.5, 0.6) is 0 Å². The van der Waals surface area contributed by atoms with Crippen molar-refractivity contribution in [1.29, 1.82) is 0 Å². The molecule has 0 radical (unpaired) electrons. The maximum absolute atomic E-state index is 12.7. The van der Waals surface area contributed by atoms with Gasteiger partial charge < -0.3 is 4.89 Å². The minimum absolute atomic E-state index is 0.251. The molecule has 1 nitrogen and oxygen atoms in total. The number of aryl methyl sites for hydroxylation is 1. The molecular weight excluding hydrogens is 270 g/mol. The van der Waals surface area contributed by atoms with Crippen LogP contribution in [-0.2, 0) is 0 Å². The first kappa shape index (κ1) is 17.6. The van der Waals surface area contributed by atoms with Crippen LogP contribution in [0, 0.1) is 18.7 Å². The van der Waals surface area contributed by atoms with Gasteiger partial charge in [0.05, 0.1) is 0 Å². The van der Waals surface area contributed by atoms with Gasteiger partial charge in [-0.15, -0.1) is 0 Å².